The van der Waals surface area contributed by atoms with Gasteiger partial charge in [-0.25, -0.2) is 0 Å². The van der Waals surface area contributed by atoms with Crippen LogP contribution in [0.2, 0.25) is 0 Å². The van der Waals surface area contributed by atoms with E-state index in [1.54, 1.807) is 6.20 Å². The molecule has 2 aliphatic heterocycles. The van der Waals surface area contributed by atoms with Gasteiger partial charge in [0, 0.05) is 32.9 Å². The molecular formula is C19H23N3O2. The van der Waals surface area contributed by atoms with Gasteiger partial charge in [0.1, 0.15) is 6.10 Å². The SMILES string of the molecule is Cn1nccc1[C@@H]1OCC[C@H]1C(=O)N1CCCc2ccccc2C1. The molecular weight excluding hydrogens is 302 g/mol. The van der Waals surface area contributed by atoms with E-state index in [9.17, 15) is 4.79 Å². The van der Waals surface area contributed by atoms with Gasteiger partial charge in [-0.15, -0.1) is 0 Å². The number of aromatic nitrogens is 2. The minimum absolute atomic E-state index is 0.106. The zero-order valence-electron chi connectivity index (χ0n) is 14.0. The Morgan fingerprint density at radius 1 is 1.25 bits per heavy atom. The van der Waals surface area contributed by atoms with Crippen molar-refractivity contribution >= 4 is 5.91 Å². The maximum absolute atomic E-state index is 13.2. The van der Waals surface area contributed by atoms with Crippen molar-refractivity contribution in [2.45, 2.75) is 31.9 Å². The molecule has 1 saturated heterocycles. The molecule has 0 spiro atoms. The summed E-state index contributed by atoms with van der Waals surface area (Å²) in [5, 5.41) is 4.22. The molecule has 0 radical (unpaired) electrons. The van der Waals surface area contributed by atoms with Crippen LogP contribution in [0.4, 0.5) is 0 Å². The molecule has 0 saturated carbocycles. The summed E-state index contributed by atoms with van der Waals surface area (Å²) in [5.74, 6) is 0.112. The fraction of sp³-hybridized carbons (Fsp3) is 0.474. The third-order valence-electron chi connectivity index (χ3n) is 5.22. The van der Waals surface area contributed by atoms with Crippen LogP contribution in [0.5, 0.6) is 0 Å². The summed E-state index contributed by atoms with van der Waals surface area (Å²) in [6, 6.07) is 10.4. The van der Waals surface area contributed by atoms with Crippen molar-refractivity contribution in [2.24, 2.45) is 13.0 Å². The molecule has 1 fully saturated rings. The number of ether oxygens (including phenoxy) is 1. The average molecular weight is 325 g/mol. The molecule has 2 aromatic rings. The normalized spacial score (nSPS) is 23.8. The van der Waals surface area contributed by atoms with Gasteiger partial charge in [0.05, 0.1) is 11.6 Å². The second kappa shape index (κ2) is 6.40. The lowest BCUT2D eigenvalue weighted by atomic mass is 9.97. The van der Waals surface area contributed by atoms with Crippen molar-refractivity contribution in [3.05, 3.63) is 53.3 Å². The van der Waals surface area contributed by atoms with Crippen LogP contribution in [0.25, 0.3) is 0 Å². The van der Waals surface area contributed by atoms with Gasteiger partial charge in [-0.2, -0.15) is 5.10 Å². The van der Waals surface area contributed by atoms with Crippen LogP contribution in [0.1, 0.15) is 35.8 Å². The van der Waals surface area contributed by atoms with Gasteiger partial charge in [-0.1, -0.05) is 24.3 Å². The van der Waals surface area contributed by atoms with Crippen LogP contribution >= 0.6 is 0 Å². The minimum atomic E-state index is -0.177. The molecule has 2 aliphatic rings. The van der Waals surface area contributed by atoms with Gasteiger partial charge in [-0.3, -0.25) is 9.48 Å². The van der Waals surface area contributed by atoms with Crippen molar-refractivity contribution < 1.29 is 9.53 Å². The van der Waals surface area contributed by atoms with E-state index in [4.69, 9.17) is 4.74 Å². The van der Waals surface area contributed by atoms with Gasteiger partial charge in [0.2, 0.25) is 5.91 Å². The van der Waals surface area contributed by atoms with E-state index in [-0.39, 0.29) is 17.9 Å². The summed E-state index contributed by atoms with van der Waals surface area (Å²) in [4.78, 5) is 15.2. The van der Waals surface area contributed by atoms with E-state index in [0.29, 0.717) is 13.2 Å². The molecule has 1 aromatic carbocycles. The predicted molar refractivity (Wildman–Crippen MR) is 90.2 cm³/mol. The number of carbonyl (C=O) groups is 1. The smallest absolute Gasteiger partial charge is 0.229 e. The molecule has 0 bridgehead atoms. The fourth-order valence-corrected chi connectivity index (χ4v) is 3.92. The van der Waals surface area contributed by atoms with Crippen LogP contribution in [-0.4, -0.2) is 33.7 Å². The maximum Gasteiger partial charge on any atom is 0.229 e. The van der Waals surface area contributed by atoms with Gasteiger partial charge in [-0.05, 0) is 36.5 Å². The van der Waals surface area contributed by atoms with Crippen LogP contribution in [0.3, 0.4) is 0 Å². The second-order valence-electron chi connectivity index (χ2n) is 6.70. The van der Waals surface area contributed by atoms with Crippen LogP contribution in [-0.2, 0) is 29.5 Å². The van der Waals surface area contributed by atoms with Gasteiger partial charge in [0.25, 0.3) is 0 Å². The van der Waals surface area contributed by atoms with E-state index in [1.807, 2.05) is 22.7 Å². The lowest BCUT2D eigenvalue weighted by Crippen LogP contribution is -2.37. The Morgan fingerprint density at radius 3 is 2.88 bits per heavy atom. The average Bonchev–Trinajstić information content (AvgIpc) is 3.17. The molecule has 24 heavy (non-hydrogen) atoms. The Morgan fingerprint density at radius 2 is 2.08 bits per heavy atom. The van der Waals surface area contributed by atoms with Crippen LogP contribution in [0, 0.1) is 5.92 Å². The predicted octanol–water partition coefficient (Wildman–Crippen LogP) is 2.47. The summed E-state index contributed by atoms with van der Waals surface area (Å²) < 4.78 is 7.71. The first kappa shape index (κ1) is 15.4. The highest BCUT2D eigenvalue weighted by atomic mass is 16.5. The maximum atomic E-state index is 13.2. The first-order chi connectivity index (χ1) is 11.7. The van der Waals surface area contributed by atoms with E-state index in [0.717, 1.165) is 31.5 Å². The van der Waals surface area contributed by atoms with E-state index >= 15 is 0 Å². The third kappa shape index (κ3) is 2.73. The Labute approximate surface area is 142 Å². The van der Waals surface area contributed by atoms with E-state index < -0.39 is 0 Å². The molecule has 2 atom stereocenters. The number of hydrogen-bond donors (Lipinski definition) is 0. The van der Waals surface area contributed by atoms with Crippen molar-refractivity contribution in [3.63, 3.8) is 0 Å². The molecule has 126 valence electrons. The topological polar surface area (TPSA) is 47.4 Å². The Hall–Kier alpha value is -2.14. The number of rotatable bonds is 2. The van der Waals surface area contributed by atoms with E-state index in [2.05, 4.69) is 29.4 Å². The summed E-state index contributed by atoms with van der Waals surface area (Å²) in [6.45, 7) is 2.17. The van der Waals surface area contributed by atoms with Gasteiger partial charge >= 0.3 is 0 Å². The summed E-state index contributed by atoms with van der Waals surface area (Å²) in [5.41, 5.74) is 3.64. The number of nitrogens with zero attached hydrogens (tertiary/aromatic N) is 3. The number of carbonyl (C=O) groups excluding carboxylic acids is 1. The molecule has 5 heteroatoms. The van der Waals surface area contributed by atoms with Crippen LogP contribution in [0.15, 0.2) is 36.5 Å². The lowest BCUT2D eigenvalue weighted by molar-refractivity contribution is -0.138. The monoisotopic (exact) mass is 325 g/mol. The zero-order valence-corrected chi connectivity index (χ0v) is 14.0. The van der Waals surface area contributed by atoms with E-state index in [1.165, 1.54) is 11.1 Å². The highest BCUT2D eigenvalue weighted by Gasteiger charge is 2.39. The Kier molecular flexibility index (Phi) is 4.10. The molecule has 0 N–H and O–H groups in total. The standard InChI is InChI=1S/C19H23N3O2/c1-21-17(8-10-20-21)18-16(9-12-24-18)19(23)22-11-4-7-14-5-2-3-6-15(14)13-22/h2-3,5-6,8,10,16,18H,4,7,9,11-13H2,1H3/t16-,18-/m1/s1. The number of amides is 1. The summed E-state index contributed by atoms with van der Waals surface area (Å²) in [6.07, 6.45) is 4.44. The Bertz CT molecular complexity index is 740. The molecule has 4 rings (SSSR count). The molecule has 0 aliphatic carbocycles. The molecule has 5 nitrogen and oxygen atoms in total. The number of fused-ring (bicyclic) bond motifs is 1. The van der Waals surface area contributed by atoms with Gasteiger partial charge < -0.3 is 9.64 Å². The number of aryl methyl sites for hydroxylation is 2. The largest absolute Gasteiger partial charge is 0.371 e. The first-order valence-corrected chi connectivity index (χ1v) is 8.69. The number of hydrogen-bond acceptors (Lipinski definition) is 3. The quantitative estimate of drug-likeness (QED) is 0.852. The van der Waals surface area contributed by atoms with Crippen molar-refractivity contribution in [1.82, 2.24) is 14.7 Å². The third-order valence-corrected chi connectivity index (χ3v) is 5.22. The first-order valence-electron chi connectivity index (χ1n) is 8.69. The highest BCUT2D eigenvalue weighted by molar-refractivity contribution is 5.80. The van der Waals surface area contributed by atoms with Crippen molar-refractivity contribution in [2.75, 3.05) is 13.2 Å². The van der Waals surface area contributed by atoms with Gasteiger partial charge in [0.15, 0.2) is 0 Å². The molecule has 3 heterocycles. The Balaban J connectivity index is 1.56. The zero-order chi connectivity index (χ0) is 16.5. The minimum Gasteiger partial charge on any atom is -0.371 e. The van der Waals surface area contributed by atoms with Crippen molar-refractivity contribution in [3.8, 4) is 0 Å². The summed E-state index contributed by atoms with van der Waals surface area (Å²) >= 11 is 0. The molecule has 0 unspecified atom stereocenters. The second-order valence-corrected chi connectivity index (χ2v) is 6.70. The van der Waals surface area contributed by atoms with Crippen molar-refractivity contribution in [1.29, 1.82) is 0 Å². The molecule has 1 amide bonds. The van der Waals surface area contributed by atoms with Crippen LogP contribution < -0.4 is 0 Å². The number of benzene rings is 1. The fourth-order valence-electron chi connectivity index (χ4n) is 3.92. The molecule has 1 aromatic heterocycles. The lowest BCUT2D eigenvalue weighted by Gasteiger charge is -2.27. The summed E-state index contributed by atoms with van der Waals surface area (Å²) in [7, 11) is 1.90. The highest BCUT2D eigenvalue weighted by Crippen LogP contribution is 2.36.